The number of hydrogen-bond donors (Lipinski definition) is 0. The van der Waals surface area contributed by atoms with Gasteiger partial charge in [0.1, 0.15) is 11.4 Å². The SMILES string of the molecule is C[C@@H](Oc1ccc(Cl)cc1Cl)C(=O)N1CCN(c2ccc([N+](=O)[O-])c(N3CCCCC3)c2)CC1. The molecule has 0 bridgehead atoms. The summed E-state index contributed by atoms with van der Waals surface area (Å²) in [7, 11) is 0. The summed E-state index contributed by atoms with van der Waals surface area (Å²) in [6, 6.07) is 10.2. The number of benzene rings is 2. The fourth-order valence-corrected chi connectivity index (χ4v) is 4.96. The molecule has 2 fully saturated rings. The van der Waals surface area contributed by atoms with E-state index in [0.717, 1.165) is 38.0 Å². The van der Waals surface area contributed by atoms with Crippen molar-refractivity contribution in [2.24, 2.45) is 0 Å². The fraction of sp³-hybridized carbons (Fsp3) is 0.458. The van der Waals surface area contributed by atoms with Crippen LogP contribution >= 0.6 is 23.2 Å². The van der Waals surface area contributed by atoms with Gasteiger partial charge in [-0.2, -0.15) is 0 Å². The molecule has 2 aromatic rings. The summed E-state index contributed by atoms with van der Waals surface area (Å²) in [6.45, 7) is 5.73. The molecule has 8 nitrogen and oxygen atoms in total. The Hall–Kier alpha value is -2.71. The Morgan fingerprint density at radius 2 is 1.68 bits per heavy atom. The number of piperazine rings is 1. The molecule has 10 heteroatoms. The lowest BCUT2D eigenvalue weighted by Crippen LogP contribution is -2.52. The number of halogens is 2. The van der Waals surface area contributed by atoms with E-state index in [1.54, 1.807) is 42.2 Å². The zero-order valence-electron chi connectivity index (χ0n) is 19.1. The molecule has 2 aliphatic heterocycles. The van der Waals surface area contributed by atoms with Crippen molar-refractivity contribution in [1.82, 2.24) is 4.90 Å². The Morgan fingerprint density at radius 3 is 2.32 bits per heavy atom. The third kappa shape index (κ3) is 5.50. The molecule has 2 aliphatic rings. The lowest BCUT2D eigenvalue weighted by atomic mass is 10.1. The van der Waals surface area contributed by atoms with Gasteiger partial charge in [-0.15, -0.1) is 0 Å². The van der Waals surface area contributed by atoms with Crippen LogP contribution in [-0.4, -0.2) is 61.1 Å². The molecule has 2 aromatic carbocycles. The summed E-state index contributed by atoms with van der Waals surface area (Å²) >= 11 is 12.1. The number of nitro benzene ring substituents is 1. The second-order valence-corrected chi connectivity index (χ2v) is 9.47. The van der Waals surface area contributed by atoms with E-state index in [0.29, 0.717) is 47.7 Å². The summed E-state index contributed by atoms with van der Waals surface area (Å²) < 4.78 is 5.78. The second kappa shape index (κ2) is 10.7. The first-order chi connectivity index (χ1) is 16.3. The summed E-state index contributed by atoms with van der Waals surface area (Å²) in [5, 5.41) is 12.5. The molecule has 1 amide bonds. The van der Waals surface area contributed by atoms with Gasteiger partial charge in [-0.1, -0.05) is 23.2 Å². The summed E-state index contributed by atoms with van der Waals surface area (Å²) in [5.41, 5.74) is 1.77. The zero-order valence-corrected chi connectivity index (χ0v) is 20.6. The van der Waals surface area contributed by atoms with Crippen LogP contribution in [0.2, 0.25) is 10.0 Å². The van der Waals surface area contributed by atoms with Crippen molar-refractivity contribution in [2.75, 3.05) is 49.1 Å². The molecule has 2 heterocycles. The van der Waals surface area contributed by atoms with Gasteiger partial charge >= 0.3 is 0 Å². The largest absolute Gasteiger partial charge is 0.479 e. The average Bonchev–Trinajstić information content (AvgIpc) is 2.85. The lowest BCUT2D eigenvalue weighted by Gasteiger charge is -2.37. The average molecular weight is 507 g/mol. The molecular weight excluding hydrogens is 479 g/mol. The molecule has 1 atom stereocenters. The van der Waals surface area contributed by atoms with Gasteiger partial charge in [0.05, 0.1) is 9.95 Å². The first-order valence-corrected chi connectivity index (χ1v) is 12.3. The van der Waals surface area contributed by atoms with Gasteiger partial charge in [-0.3, -0.25) is 14.9 Å². The number of rotatable bonds is 6. The van der Waals surface area contributed by atoms with Crippen molar-refractivity contribution in [3.8, 4) is 5.75 Å². The van der Waals surface area contributed by atoms with Crippen molar-refractivity contribution >= 4 is 46.2 Å². The van der Waals surface area contributed by atoms with Crippen molar-refractivity contribution in [3.05, 3.63) is 56.6 Å². The van der Waals surface area contributed by atoms with Crippen LogP contribution in [0.15, 0.2) is 36.4 Å². The molecule has 4 rings (SSSR count). The molecule has 0 saturated carbocycles. The molecule has 0 unspecified atom stereocenters. The van der Waals surface area contributed by atoms with Gasteiger partial charge in [0.2, 0.25) is 0 Å². The van der Waals surface area contributed by atoms with E-state index in [1.165, 1.54) is 0 Å². The number of anilines is 2. The molecule has 34 heavy (non-hydrogen) atoms. The van der Waals surface area contributed by atoms with E-state index in [9.17, 15) is 14.9 Å². The summed E-state index contributed by atoms with van der Waals surface area (Å²) in [4.78, 5) is 30.3. The number of carbonyl (C=O) groups excluding carboxylic acids is 1. The lowest BCUT2D eigenvalue weighted by molar-refractivity contribution is -0.384. The van der Waals surface area contributed by atoms with Gasteiger partial charge in [0, 0.05) is 56.0 Å². The number of nitrogens with zero attached hydrogens (tertiary/aromatic N) is 4. The Morgan fingerprint density at radius 1 is 0.971 bits per heavy atom. The van der Waals surface area contributed by atoms with Gasteiger partial charge in [-0.05, 0) is 56.5 Å². The van der Waals surface area contributed by atoms with Crippen LogP contribution in [0.1, 0.15) is 26.2 Å². The number of nitro groups is 1. The van der Waals surface area contributed by atoms with E-state index in [4.69, 9.17) is 27.9 Å². The number of carbonyl (C=O) groups is 1. The number of piperidine rings is 1. The normalized spacial score (nSPS) is 17.4. The maximum atomic E-state index is 12.9. The van der Waals surface area contributed by atoms with Crippen molar-refractivity contribution < 1.29 is 14.5 Å². The van der Waals surface area contributed by atoms with E-state index < -0.39 is 6.10 Å². The zero-order chi connectivity index (χ0) is 24.2. The van der Waals surface area contributed by atoms with E-state index in [2.05, 4.69) is 9.80 Å². The predicted molar refractivity (Wildman–Crippen MR) is 135 cm³/mol. The third-order valence-electron chi connectivity index (χ3n) is 6.35. The van der Waals surface area contributed by atoms with Crippen LogP contribution in [0.25, 0.3) is 0 Å². The molecule has 0 spiro atoms. The Bertz CT molecular complexity index is 1050. The molecule has 0 aromatic heterocycles. The Labute approximate surface area is 209 Å². The topological polar surface area (TPSA) is 79.2 Å². The Kier molecular flexibility index (Phi) is 7.68. The van der Waals surface area contributed by atoms with Crippen molar-refractivity contribution in [2.45, 2.75) is 32.3 Å². The monoisotopic (exact) mass is 506 g/mol. The van der Waals surface area contributed by atoms with E-state index in [-0.39, 0.29) is 16.5 Å². The van der Waals surface area contributed by atoms with Crippen LogP contribution in [0.5, 0.6) is 5.75 Å². The highest BCUT2D eigenvalue weighted by Crippen LogP contribution is 2.35. The fourth-order valence-electron chi connectivity index (χ4n) is 4.50. The van der Waals surface area contributed by atoms with Crippen LogP contribution in [0, 0.1) is 10.1 Å². The third-order valence-corrected chi connectivity index (χ3v) is 6.88. The highest BCUT2D eigenvalue weighted by Gasteiger charge is 2.28. The van der Waals surface area contributed by atoms with Gasteiger partial charge in [0.15, 0.2) is 6.10 Å². The molecule has 0 aliphatic carbocycles. The predicted octanol–water partition coefficient (Wildman–Crippen LogP) is 5.01. The molecular formula is C24H28Cl2N4O4. The van der Waals surface area contributed by atoms with Crippen LogP contribution in [0.3, 0.4) is 0 Å². The minimum Gasteiger partial charge on any atom is -0.479 e. The Balaban J connectivity index is 1.40. The first-order valence-electron chi connectivity index (χ1n) is 11.5. The van der Waals surface area contributed by atoms with Gasteiger partial charge in [0.25, 0.3) is 11.6 Å². The molecule has 2 saturated heterocycles. The molecule has 0 radical (unpaired) electrons. The molecule has 0 N–H and O–H groups in total. The van der Waals surface area contributed by atoms with E-state index >= 15 is 0 Å². The summed E-state index contributed by atoms with van der Waals surface area (Å²) in [5.74, 6) is 0.310. The standard InChI is InChI=1S/C24H28Cl2N4O4/c1-17(34-23-8-5-18(25)15-20(23)26)24(31)29-13-11-27(12-14-29)19-6-7-21(30(32)33)22(16-19)28-9-3-2-4-10-28/h5-8,15-17H,2-4,9-14H2,1H3/t17-/m1/s1. The number of hydrogen-bond acceptors (Lipinski definition) is 6. The highest BCUT2D eigenvalue weighted by molar-refractivity contribution is 6.35. The maximum absolute atomic E-state index is 12.9. The second-order valence-electron chi connectivity index (χ2n) is 8.62. The van der Waals surface area contributed by atoms with E-state index in [1.807, 2.05) is 6.07 Å². The van der Waals surface area contributed by atoms with Crippen LogP contribution < -0.4 is 14.5 Å². The molecule has 182 valence electrons. The number of ether oxygens (including phenoxy) is 1. The van der Waals surface area contributed by atoms with Crippen LogP contribution in [-0.2, 0) is 4.79 Å². The van der Waals surface area contributed by atoms with Gasteiger partial charge < -0.3 is 19.4 Å². The smallest absolute Gasteiger partial charge is 0.292 e. The highest BCUT2D eigenvalue weighted by atomic mass is 35.5. The first kappa shape index (κ1) is 24.4. The van der Waals surface area contributed by atoms with Crippen LogP contribution in [0.4, 0.5) is 17.1 Å². The minimum atomic E-state index is -0.685. The van der Waals surface area contributed by atoms with Gasteiger partial charge in [-0.25, -0.2) is 0 Å². The quantitative estimate of drug-likeness (QED) is 0.404. The van der Waals surface area contributed by atoms with Crippen molar-refractivity contribution in [1.29, 1.82) is 0 Å². The van der Waals surface area contributed by atoms with Crippen molar-refractivity contribution in [3.63, 3.8) is 0 Å². The minimum absolute atomic E-state index is 0.108. The maximum Gasteiger partial charge on any atom is 0.292 e. The summed E-state index contributed by atoms with van der Waals surface area (Å²) in [6.07, 6.45) is 2.56. The number of amides is 1.